The molecule has 0 atom stereocenters. The molecule has 2 aromatic carbocycles. The third-order valence-corrected chi connectivity index (χ3v) is 5.94. The summed E-state index contributed by atoms with van der Waals surface area (Å²) in [5.74, 6) is 0.0578. The molecule has 1 N–H and O–H groups in total. The minimum atomic E-state index is 0.0578. The fourth-order valence-corrected chi connectivity index (χ4v) is 4.31. The maximum absolute atomic E-state index is 12.6. The van der Waals surface area contributed by atoms with E-state index in [0.29, 0.717) is 0 Å². The van der Waals surface area contributed by atoms with E-state index in [9.17, 15) is 4.79 Å². The van der Waals surface area contributed by atoms with Crippen molar-refractivity contribution in [3.05, 3.63) is 87.5 Å². The second kappa shape index (κ2) is 7.73. The highest BCUT2D eigenvalue weighted by molar-refractivity contribution is 9.10. The molecular weight excluding hydrogens is 386 g/mol. The van der Waals surface area contributed by atoms with Crippen LogP contribution in [0.5, 0.6) is 0 Å². The van der Waals surface area contributed by atoms with Gasteiger partial charge >= 0.3 is 0 Å². The maximum atomic E-state index is 12.6. The zero-order valence-corrected chi connectivity index (χ0v) is 16.4. The van der Waals surface area contributed by atoms with Gasteiger partial charge in [-0.2, -0.15) is 0 Å². The van der Waals surface area contributed by atoms with E-state index in [2.05, 4.69) is 40.2 Å². The van der Waals surface area contributed by atoms with E-state index in [1.54, 1.807) is 11.0 Å². The van der Waals surface area contributed by atoms with Crippen LogP contribution >= 0.6 is 15.9 Å². The predicted molar refractivity (Wildman–Crippen MR) is 109 cm³/mol. The molecule has 132 valence electrons. The van der Waals surface area contributed by atoms with E-state index in [-0.39, 0.29) is 5.78 Å². The second-order valence-corrected chi connectivity index (χ2v) is 8.01. The fourth-order valence-electron chi connectivity index (χ4n) is 4.04. The van der Waals surface area contributed by atoms with Crippen molar-refractivity contribution in [3.63, 3.8) is 0 Å². The fraction of sp³-hybridized carbons (Fsp3) is 0.261. The SMILES string of the molecule is O=C(/C=C/C1=C([NH+]2CCCCC2)Cc2ccccc21)c1ccc(Br)cc1. The van der Waals surface area contributed by atoms with Gasteiger partial charge in [0, 0.05) is 22.0 Å². The summed E-state index contributed by atoms with van der Waals surface area (Å²) in [6.45, 7) is 2.42. The number of allylic oxidation sites excluding steroid dienone is 4. The molecule has 0 radical (unpaired) electrons. The Balaban J connectivity index is 1.65. The van der Waals surface area contributed by atoms with Gasteiger partial charge in [-0.25, -0.2) is 0 Å². The Kier molecular flexibility index (Phi) is 5.18. The van der Waals surface area contributed by atoms with Gasteiger partial charge in [-0.3, -0.25) is 4.79 Å². The Bertz CT molecular complexity index is 873. The van der Waals surface area contributed by atoms with Gasteiger partial charge < -0.3 is 4.90 Å². The standard InChI is InChI=1S/C23H22BrNO/c24-19-10-8-17(9-11-19)23(26)13-12-21-20-7-3-2-6-18(20)16-22(21)25-14-4-1-5-15-25/h2-3,6-13H,1,4-5,14-16H2/p+1/b13-12+. The van der Waals surface area contributed by atoms with E-state index >= 15 is 0 Å². The highest BCUT2D eigenvalue weighted by Gasteiger charge is 2.29. The molecule has 0 amide bonds. The van der Waals surface area contributed by atoms with E-state index < -0.39 is 0 Å². The molecule has 1 saturated heterocycles. The number of carbonyl (C=O) groups is 1. The number of carbonyl (C=O) groups excluding carboxylic acids is 1. The normalized spacial score (nSPS) is 17.7. The molecule has 0 unspecified atom stereocenters. The van der Waals surface area contributed by atoms with Crippen LogP contribution in [-0.4, -0.2) is 18.9 Å². The van der Waals surface area contributed by atoms with Gasteiger partial charge in [0.2, 0.25) is 0 Å². The highest BCUT2D eigenvalue weighted by atomic mass is 79.9. The van der Waals surface area contributed by atoms with Crippen LogP contribution in [0.1, 0.15) is 40.7 Å². The van der Waals surface area contributed by atoms with Crippen molar-refractivity contribution in [1.29, 1.82) is 0 Å². The van der Waals surface area contributed by atoms with Gasteiger partial charge in [-0.1, -0.05) is 40.2 Å². The second-order valence-electron chi connectivity index (χ2n) is 7.09. The van der Waals surface area contributed by atoms with Crippen LogP contribution in [0.4, 0.5) is 0 Å². The van der Waals surface area contributed by atoms with Gasteiger partial charge in [-0.15, -0.1) is 0 Å². The van der Waals surface area contributed by atoms with Crippen molar-refractivity contribution in [2.45, 2.75) is 25.7 Å². The Morgan fingerprint density at radius 2 is 1.69 bits per heavy atom. The number of quaternary nitrogens is 1. The summed E-state index contributed by atoms with van der Waals surface area (Å²) in [4.78, 5) is 14.2. The number of rotatable bonds is 4. The van der Waals surface area contributed by atoms with E-state index in [0.717, 1.165) is 16.5 Å². The van der Waals surface area contributed by atoms with Gasteiger partial charge in [0.25, 0.3) is 0 Å². The van der Waals surface area contributed by atoms with Gasteiger partial charge in [0.05, 0.1) is 13.1 Å². The van der Waals surface area contributed by atoms with Crippen molar-refractivity contribution < 1.29 is 9.69 Å². The summed E-state index contributed by atoms with van der Waals surface area (Å²) in [5.41, 5.74) is 6.12. The molecule has 2 aromatic rings. The molecule has 1 fully saturated rings. The van der Waals surface area contributed by atoms with Crippen LogP contribution in [-0.2, 0) is 6.42 Å². The van der Waals surface area contributed by atoms with Crippen molar-refractivity contribution in [3.8, 4) is 0 Å². The average molecular weight is 409 g/mol. The number of halogens is 1. The quantitative estimate of drug-likeness (QED) is 0.593. The first-order valence-electron chi connectivity index (χ1n) is 9.37. The monoisotopic (exact) mass is 408 g/mol. The van der Waals surface area contributed by atoms with Crippen molar-refractivity contribution in [2.24, 2.45) is 0 Å². The number of benzene rings is 2. The van der Waals surface area contributed by atoms with E-state index in [1.807, 2.05) is 30.3 Å². The molecular formula is C23H23BrNO+. The smallest absolute Gasteiger partial charge is 0.185 e. The maximum Gasteiger partial charge on any atom is 0.185 e. The molecule has 1 aliphatic heterocycles. The van der Waals surface area contributed by atoms with Crippen LogP contribution in [0, 0.1) is 0 Å². The summed E-state index contributed by atoms with van der Waals surface area (Å²) in [5, 5.41) is 0. The molecule has 26 heavy (non-hydrogen) atoms. The summed E-state index contributed by atoms with van der Waals surface area (Å²) in [6.07, 6.45) is 8.74. The molecule has 0 saturated carbocycles. The molecule has 3 heteroatoms. The minimum absolute atomic E-state index is 0.0578. The van der Waals surface area contributed by atoms with Crippen LogP contribution in [0.15, 0.2) is 70.9 Å². The predicted octanol–water partition coefficient (Wildman–Crippen LogP) is 4.22. The molecule has 1 heterocycles. The van der Waals surface area contributed by atoms with Crippen LogP contribution in [0.3, 0.4) is 0 Å². The van der Waals surface area contributed by atoms with Gasteiger partial charge in [-0.05, 0) is 66.8 Å². The first-order chi connectivity index (χ1) is 12.7. The van der Waals surface area contributed by atoms with Gasteiger partial charge in [0.1, 0.15) is 5.70 Å². The molecule has 2 aliphatic rings. The summed E-state index contributed by atoms with van der Waals surface area (Å²) in [7, 11) is 0. The Morgan fingerprint density at radius 1 is 0.962 bits per heavy atom. The summed E-state index contributed by atoms with van der Waals surface area (Å²) in [6, 6.07) is 16.2. The zero-order valence-electron chi connectivity index (χ0n) is 14.8. The van der Waals surface area contributed by atoms with Gasteiger partial charge in [0.15, 0.2) is 5.78 Å². The van der Waals surface area contributed by atoms with Crippen molar-refractivity contribution >= 4 is 27.3 Å². The third kappa shape index (κ3) is 3.60. The van der Waals surface area contributed by atoms with E-state index in [4.69, 9.17) is 0 Å². The number of hydrogen-bond donors (Lipinski definition) is 1. The first-order valence-corrected chi connectivity index (χ1v) is 10.2. The van der Waals surface area contributed by atoms with Crippen molar-refractivity contribution in [2.75, 3.05) is 13.1 Å². The van der Waals surface area contributed by atoms with Crippen molar-refractivity contribution in [1.82, 2.24) is 0 Å². The molecule has 0 spiro atoms. The van der Waals surface area contributed by atoms with Crippen LogP contribution < -0.4 is 4.90 Å². The first kappa shape index (κ1) is 17.4. The zero-order chi connectivity index (χ0) is 17.9. The lowest BCUT2D eigenvalue weighted by atomic mass is 10.0. The molecule has 2 nitrogen and oxygen atoms in total. The topological polar surface area (TPSA) is 21.5 Å². The lowest BCUT2D eigenvalue weighted by Crippen LogP contribution is -3.11. The lowest BCUT2D eigenvalue weighted by molar-refractivity contribution is -0.866. The Hall–Kier alpha value is -1.97. The highest BCUT2D eigenvalue weighted by Crippen LogP contribution is 2.31. The van der Waals surface area contributed by atoms with Crippen LogP contribution in [0.25, 0.3) is 5.57 Å². The summed E-state index contributed by atoms with van der Waals surface area (Å²) >= 11 is 3.42. The molecule has 1 aliphatic carbocycles. The Morgan fingerprint density at radius 3 is 2.46 bits per heavy atom. The number of fused-ring (bicyclic) bond motifs is 1. The van der Waals surface area contributed by atoms with Crippen LogP contribution in [0.2, 0.25) is 0 Å². The Labute approximate surface area is 163 Å². The minimum Gasteiger partial charge on any atom is -0.305 e. The number of hydrogen-bond acceptors (Lipinski definition) is 1. The number of likely N-dealkylation sites (tertiary alicyclic amines) is 1. The van der Waals surface area contributed by atoms with E-state index in [1.165, 1.54) is 54.7 Å². The molecule has 0 bridgehead atoms. The average Bonchev–Trinajstić information content (AvgIpc) is 3.06. The lowest BCUT2D eigenvalue weighted by Gasteiger charge is -2.24. The third-order valence-electron chi connectivity index (χ3n) is 5.41. The number of ketones is 1. The largest absolute Gasteiger partial charge is 0.305 e. The number of nitrogens with one attached hydrogen (secondary N) is 1. The number of piperidine rings is 1. The molecule has 0 aromatic heterocycles. The summed E-state index contributed by atoms with van der Waals surface area (Å²) < 4.78 is 0.987. The molecule has 4 rings (SSSR count).